The highest BCUT2D eigenvalue weighted by atomic mass is 32.1. The van der Waals surface area contributed by atoms with Gasteiger partial charge in [0, 0.05) is 17.2 Å². The number of aromatic nitrogens is 1. The van der Waals surface area contributed by atoms with Gasteiger partial charge in [-0.05, 0) is 30.7 Å². The Bertz CT molecular complexity index is 1810. The number of thiazole rings is 1. The van der Waals surface area contributed by atoms with E-state index in [1.54, 1.807) is 31.2 Å². The number of hydrogen-bond acceptors (Lipinski definition) is 8. The van der Waals surface area contributed by atoms with Crippen molar-refractivity contribution >= 4 is 34.8 Å². The van der Waals surface area contributed by atoms with Gasteiger partial charge < -0.3 is 9.84 Å². The normalized spacial score (nSPS) is 15.0. The van der Waals surface area contributed by atoms with Gasteiger partial charge in [-0.15, -0.1) is 0 Å². The fraction of sp³-hybridized carbons (Fsp3) is 0.107. The van der Waals surface area contributed by atoms with Crippen molar-refractivity contribution in [3.8, 4) is 5.75 Å². The lowest BCUT2D eigenvalue weighted by Crippen LogP contribution is -2.40. The van der Waals surface area contributed by atoms with Gasteiger partial charge in [0.15, 0.2) is 4.80 Å². The maximum atomic E-state index is 13.9. The fourth-order valence-electron chi connectivity index (χ4n) is 4.35. The largest absolute Gasteiger partial charge is 0.502 e. The predicted molar refractivity (Wildman–Crippen MR) is 142 cm³/mol. The van der Waals surface area contributed by atoms with E-state index >= 15 is 0 Å². The molecule has 0 radical (unpaired) electrons. The molecular formula is C28H20FN3O6S. The number of carbonyl (C=O) groups excluding carboxylic acids is 1. The summed E-state index contributed by atoms with van der Waals surface area (Å²) in [6, 6.07) is 17.4. The number of phenolic OH excluding ortho intramolecular Hbond substituents is 1. The van der Waals surface area contributed by atoms with Crippen LogP contribution in [-0.2, 0) is 9.53 Å². The van der Waals surface area contributed by atoms with Gasteiger partial charge in [-0.1, -0.05) is 65.9 Å². The third-order valence-electron chi connectivity index (χ3n) is 6.09. The van der Waals surface area contributed by atoms with E-state index in [9.17, 15) is 29.2 Å². The van der Waals surface area contributed by atoms with Gasteiger partial charge in [0.2, 0.25) is 5.75 Å². The van der Waals surface area contributed by atoms with Crippen molar-refractivity contribution in [3.05, 3.63) is 131 Å². The lowest BCUT2D eigenvalue weighted by atomic mass is 9.93. The molecule has 39 heavy (non-hydrogen) atoms. The summed E-state index contributed by atoms with van der Waals surface area (Å²) in [4.78, 5) is 42.6. The van der Waals surface area contributed by atoms with Crippen molar-refractivity contribution in [1.82, 2.24) is 4.57 Å². The zero-order valence-corrected chi connectivity index (χ0v) is 21.2. The maximum Gasteiger partial charge on any atom is 0.338 e. The highest BCUT2D eigenvalue weighted by Gasteiger charge is 2.35. The van der Waals surface area contributed by atoms with Crippen molar-refractivity contribution in [1.29, 1.82) is 0 Å². The maximum absolute atomic E-state index is 13.9. The molecule has 0 unspecified atom stereocenters. The summed E-state index contributed by atoms with van der Waals surface area (Å²) in [6.45, 7) is 1.74. The third kappa shape index (κ3) is 4.75. The molecule has 1 aromatic heterocycles. The lowest BCUT2D eigenvalue weighted by Gasteiger charge is -2.25. The molecule has 0 aliphatic carbocycles. The molecule has 0 bridgehead atoms. The number of halogens is 1. The first kappa shape index (κ1) is 25.7. The summed E-state index contributed by atoms with van der Waals surface area (Å²) < 4.78 is 20.7. The summed E-state index contributed by atoms with van der Waals surface area (Å²) in [5.74, 6) is -1.75. The molecule has 11 heteroatoms. The van der Waals surface area contributed by atoms with Crippen LogP contribution in [0.3, 0.4) is 0 Å². The number of carbonyl (C=O) groups is 1. The lowest BCUT2D eigenvalue weighted by molar-refractivity contribution is -0.385. The second-order valence-electron chi connectivity index (χ2n) is 8.46. The fourth-order valence-corrected chi connectivity index (χ4v) is 5.35. The third-order valence-corrected chi connectivity index (χ3v) is 7.07. The van der Waals surface area contributed by atoms with Crippen LogP contribution in [0.15, 0.2) is 88.2 Å². The second-order valence-corrected chi connectivity index (χ2v) is 9.46. The SMILES string of the molecule is CCOC(=O)C1=C(c2ccccc2)N=c2sc(=Cc3cccc([N+](=O)[O-])c3O)c(=O)n2[C@H]1c1ccc(F)cc1. The van der Waals surface area contributed by atoms with Gasteiger partial charge in [0.05, 0.1) is 33.4 Å². The molecule has 0 fully saturated rings. The van der Waals surface area contributed by atoms with Crippen molar-refractivity contribution in [2.75, 3.05) is 6.61 Å². The minimum Gasteiger partial charge on any atom is -0.502 e. The molecule has 2 heterocycles. The number of para-hydroxylation sites is 1. The monoisotopic (exact) mass is 545 g/mol. The number of benzene rings is 3. The first-order chi connectivity index (χ1) is 18.8. The van der Waals surface area contributed by atoms with Crippen LogP contribution in [0.1, 0.15) is 29.7 Å². The van der Waals surface area contributed by atoms with Gasteiger partial charge in [-0.25, -0.2) is 14.2 Å². The Balaban J connectivity index is 1.83. The standard InChI is InChI=1S/C28H20FN3O6S/c1-2-38-27(35)22-23(16-7-4-3-5-8-16)30-28-31(24(22)17-11-13-19(29)14-12-17)26(34)21(39-28)15-18-9-6-10-20(25(18)33)32(36)37/h3-15,24,33H,2H2,1H3/t24-/m0/s1. The van der Waals surface area contributed by atoms with Crippen LogP contribution in [-0.4, -0.2) is 27.2 Å². The van der Waals surface area contributed by atoms with Crippen molar-refractivity contribution < 1.29 is 24.0 Å². The summed E-state index contributed by atoms with van der Waals surface area (Å²) in [7, 11) is 0. The molecule has 1 N–H and O–H groups in total. The van der Waals surface area contributed by atoms with Crippen LogP contribution in [0, 0.1) is 15.9 Å². The first-order valence-corrected chi connectivity index (χ1v) is 12.6. The second kappa shape index (κ2) is 10.5. The molecule has 1 atom stereocenters. The van der Waals surface area contributed by atoms with E-state index in [-0.39, 0.29) is 27.1 Å². The van der Waals surface area contributed by atoms with Crippen LogP contribution in [0.2, 0.25) is 0 Å². The molecule has 0 saturated heterocycles. The van der Waals surface area contributed by atoms with Crippen molar-refractivity contribution in [3.63, 3.8) is 0 Å². The number of nitro groups is 1. The molecule has 0 spiro atoms. The Morgan fingerprint density at radius 2 is 1.87 bits per heavy atom. The molecule has 196 valence electrons. The zero-order valence-electron chi connectivity index (χ0n) is 20.4. The van der Waals surface area contributed by atoms with E-state index in [1.807, 2.05) is 6.07 Å². The number of ether oxygens (including phenoxy) is 1. The average Bonchev–Trinajstić information content (AvgIpc) is 3.24. The molecule has 0 saturated carbocycles. The molecule has 5 rings (SSSR count). The highest BCUT2D eigenvalue weighted by Crippen LogP contribution is 2.35. The summed E-state index contributed by atoms with van der Waals surface area (Å²) >= 11 is 0.994. The molecular weight excluding hydrogens is 525 g/mol. The predicted octanol–water partition coefficient (Wildman–Crippen LogP) is 3.69. The number of aromatic hydroxyl groups is 1. The molecule has 0 amide bonds. The van der Waals surface area contributed by atoms with Gasteiger partial charge in [-0.3, -0.25) is 19.5 Å². The molecule has 1 aliphatic rings. The zero-order chi connectivity index (χ0) is 27.7. The number of nitro benzene ring substituents is 1. The Morgan fingerprint density at radius 3 is 2.54 bits per heavy atom. The van der Waals surface area contributed by atoms with Crippen molar-refractivity contribution in [2.45, 2.75) is 13.0 Å². The van der Waals surface area contributed by atoms with E-state index in [0.29, 0.717) is 16.8 Å². The van der Waals surface area contributed by atoms with Crippen LogP contribution in [0.25, 0.3) is 11.8 Å². The van der Waals surface area contributed by atoms with Crippen molar-refractivity contribution in [2.24, 2.45) is 4.99 Å². The number of rotatable bonds is 6. The minimum absolute atomic E-state index is 0.0701. The Labute approximate surface area is 224 Å². The highest BCUT2D eigenvalue weighted by molar-refractivity contribution is 7.07. The van der Waals surface area contributed by atoms with E-state index in [2.05, 4.69) is 4.99 Å². The van der Waals surface area contributed by atoms with Gasteiger partial charge in [0.25, 0.3) is 5.56 Å². The number of nitrogens with zero attached hydrogens (tertiary/aromatic N) is 3. The quantitative estimate of drug-likeness (QED) is 0.224. The van der Waals surface area contributed by atoms with Crippen LogP contribution in [0.5, 0.6) is 5.75 Å². The van der Waals surface area contributed by atoms with E-state index in [4.69, 9.17) is 4.74 Å². The van der Waals surface area contributed by atoms with Gasteiger partial charge in [0.1, 0.15) is 5.82 Å². The average molecular weight is 546 g/mol. The number of fused-ring (bicyclic) bond motifs is 1. The van der Waals surface area contributed by atoms with Gasteiger partial charge >= 0.3 is 11.7 Å². The van der Waals surface area contributed by atoms with E-state index in [0.717, 1.165) is 17.4 Å². The minimum atomic E-state index is -1.00. The Kier molecular flexibility index (Phi) is 6.90. The Hall–Kier alpha value is -4.90. The molecule has 1 aliphatic heterocycles. The summed E-state index contributed by atoms with van der Waals surface area (Å²) in [6.07, 6.45) is 1.34. The number of phenols is 1. The summed E-state index contributed by atoms with van der Waals surface area (Å²) in [5.41, 5.74) is 0.488. The molecule has 3 aromatic carbocycles. The number of esters is 1. The van der Waals surface area contributed by atoms with E-state index in [1.165, 1.54) is 47.0 Å². The smallest absolute Gasteiger partial charge is 0.338 e. The van der Waals surface area contributed by atoms with Crippen LogP contribution >= 0.6 is 11.3 Å². The van der Waals surface area contributed by atoms with Crippen LogP contribution < -0.4 is 14.9 Å². The Morgan fingerprint density at radius 1 is 1.15 bits per heavy atom. The molecule has 4 aromatic rings. The number of hydrogen-bond donors (Lipinski definition) is 1. The molecule has 9 nitrogen and oxygen atoms in total. The van der Waals surface area contributed by atoms with Gasteiger partial charge in [-0.2, -0.15) is 0 Å². The van der Waals surface area contributed by atoms with Crippen LogP contribution in [0.4, 0.5) is 10.1 Å². The first-order valence-electron chi connectivity index (χ1n) is 11.8. The topological polar surface area (TPSA) is 124 Å². The van der Waals surface area contributed by atoms with E-state index < -0.39 is 39.7 Å². The summed E-state index contributed by atoms with van der Waals surface area (Å²) in [5, 5.41) is 21.7.